The predicted molar refractivity (Wildman–Crippen MR) is 97.3 cm³/mol. The van der Waals surface area contributed by atoms with Crippen molar-refractivity contribution in [2.24, 2.45) is 5.41 Å². The number of rotatable bonds is 1. The van der Waals surface area contributed by atoms with Gasteiger partial charge in [0, 0.05) is 37.8 Å². The monoisotopic (exact) mass is 409 g/mol. The number of likely N-dealkylation sites (tertiary alicyclic amines) is 2. The molecule has 0 aromatic carbocycles. The summed E-state index contributed by atoms with van der Waals surface area (Å²) in [5, 5.41) is 0. The van der Waals surface area contributed by atoms with Crippen LogP contribution >= 0.6 is 15.9 Å². The Balaban J connectivity index is 1.59. The molecular formula is C18H24BrN3O3. The molecule has 0 atom stereocenters. The van der Waals surface area contributed by atoms with Crippen LogP contribution in [-0.2, 0) is 4.74 Å². The second-order valence-electron chi connectivity index (χ2n) is 8.04. The maximum atomic E-state index is 12.5. The van der Waals surface area contributed by atoms with Crippen molar-refractivity contribution in [3.8, 4) is 0 Å². The second kappa shape index (κ2) is 6.59. The van der Waals surface area contributed by atoms with E-state index < -0.39 is 5.60 Å². The van der Waals surface area contributed by atoms with E-state index in [4.69, 9.17) is 4.74 Å². The average molecular weight is 410 g/mol. The molecule has 2 saturated heterocycles. The van der Waals surface area contributed by atoms with Gasteiger partial charge in [0.2, 0.25) is 0 Å². The lowest BCUT2D eigenvalue weighted by molar-refractivity contribution is -0.0473. The molecule has 0 bridgehead atoms. The number of amides is 2. The standard InChI is InChI=1S/C18H24BrN3O3/c1-17(2,3)25-16(24)21-8-4-7-18(10-21)11-22(12-18)15(23)13-5-6-14(19)20-9-13/h5-6,9H,4,7-8,10-12H2,1-3H3. The average Bonchev–Trinajstić information content (AvgIpc) is 2.51. The molecule has 2 aliphatic rings. The van der Waals surface area contributed by atoms with Gasteiger partial charge in [0.05, 0.1) is 5.56 Å². The molecule has 2 amide bonds. The number of hydrogen-bond donors (Lipinski definition) is 0. The van der Waals surface area contributed by atoms with E-state index in [1.165, 1.54) is 0 Å². The molecule has 1 aromatic heterocycles. The number of ether oxygens (including phenoxy) is 1. The molecule has 6 nitrogen and oxygen atoms in total. The Hall–Kier alpha value is -1.63. The first-order valence-corrected chi connectivity index (χ1v) is 9.36. The summed E-state index contributed by atoms with van der Waals surface area (Å²) in [5.74, 6) is 0.0000153. The van der Waals surface area contributed by atoms with E-state index in [-0.39, 0.29) is 17.4 Å². The number of carbonyl (C=O) groups is 2. The van der Waals surface area contributed by atoms with Crippen LogP contribution in [0, 0.1) is 5.41 Å². The van der Waals surface area contributed by atoms with E-state index in [1.807, 2.05) is 25.7 Å². The van der Waals surface area contributed by atoms with Crippen LogP contribution < -0.4 is 0 Å². The fourth-order valence-corrected chi connectivity index (χ4v) is 3.77. The lowest BCUT2D eigenvalue weighted by atomic mass is 9.73. The molecule has 3 heterocycles. The van der Waals surface area contributed by atoms with Crippen LogP contribution in [-0.4, -0.2) is 58.6 Å². The minimum absolute atomic E-state index is 0.0000153. The molecule has 0 saturated carbocycles. The van der Waals surface area contributed by atoms with E-state index in [1.54, 1.807) is 23.2 Å². The van der Waals surface area contributed by atoms with Gasteiger partial charge in [-0.15, -0.1) is 0 Å². The minimum Gasteiger partial charge on any atom is -0.444 e. The number of aromatic nitrogens is 1. The Bertz CT molecular complexity index is 663. The Kier molecular flexibility index (Phi) is 4.79. The largest absolute Gasteiger partial charge is 0.444 e. The number of piperidine rings is 1. The zero-order chi connectivity index (χ0) is 18.2. The van der Waals surface area contributed by atoms with Crippen LogP contribution in [0.4, 0.5) is 4.79 Å². The van der Waals surface area contributed by atoms with Crippen molar-refractivity contribution >= 4 is 27.9 Å². The van der Waals surface area contributed by atoms with Gasteiger partial charge in [-0.1, -0.05) is 0 Å². The molecule has 0 N–H and O–H groups in total. The Labute approximate surface area is 156 Å². The van der Waals surface area contributed by atoms with Crippen LogP contribution in [0.2, 0.25) is 0 Å². The van der Waals surface area contributed by atoms with Crippen LogP contribution in [0.5, 0.6) is 0 Å². The summed E-state index contributed by atoms with van der Waals surface area (Å²) in [7, 11) is 0. The number of hydrogen-bond acceptors (Lipinski definition) is 4. The number of halogens is 1. The van der Waals surface area contributed by atoms with Gasteiger partial charge in [-0.2, -0.15) is 0 Å². The smallest absolute Gasteiger partial charge is 0.410 e. The van der Waals surface area contributed by atoms with Gasteiger partial charge >= 0.3 is 6.09 Å². The first-order chi connectivity index (χ1) is 11.7. The van der Waals surface area contributed by atoms with E-state index in [0.717, 1.165) is 19.4 Å². The number of nitrogens with zero attached hydrogens (tertiary/aromatic N) is 3. The third-order valence-electron chi connectivity index (χ3n) is 4.63. The molecule has 1 spiro atoms. The summed E-state index contributed by atoms with van der Waals surface area (Å²) in [5.41, 5.74) is 0.115. The SMILES string of the molecule is CC(C)(C)OC(=O)N1CCCC2(C1)CN(C(=O)c1ccc(Br)nc1)C2. The first kappa shape index (κ1) is 18.2. The highest BCUT2D eigenvalue weighted by Crippen LogP contribution is 2.40. The van der Waals surface area contributed by atoms with Crippen molar-refractivity contribution in [2.45, 2.75) is 39.2 Å². The fourth-order valence-electron chi connectivity index (χ4n) is 3.54. The summed E-state index contributed by atoms with van der Waals surface area (Å²) in [6, 6.07) is 3.55. The molecule has 136 valence electrons. The van der Waals surface area contributed by atoms with E-state index in [0.29, 0.717) is 29.8 Å². The molecule has 1 aromatic rings. The topological polar surface area (TPSA) is 62.7 Å². The lowest BCUT2D eigenvalue weighted by Crippen LogP contribution is -2.65. The quantitative estimate of drug-likeness (QED) is 0.667. The maximum absolute atomic E-state index is 12.5. The highest BCUT2D eigenvalue weighted by molar-refractivity contribution is 9.10. The van der Waals surface area contributed by atoms with Crippen LogP contribution in [0.1, 0.15) is 44.0 Å². The number of pyridine rings is 1. The lowest BCUT2D eigenvalue weighted by Gasteiger charge is -2.54. The van der Waals surface area contributed by atoms with Crippen molar-refractivity contribution in [1.29, 1.82) is 0 Å². The van der Waals surface area contributed by atoms with Gasteiger partial charge in [-0.05, 0) is 61.7 Å². The van der Waals surface area contributed by atoms with Gasteiger partial charge in [0.1, 0.15) is 10.2 Å². The minimum atomic E-state index is -0.488. The van der Waals surface area contributed by atoms with Gasteiger partial charge in [-0.3, -0.25) is 4.79 Å². The Morgan fingerprint density at radius 3 is 2.48 bits per heavy atom. The van der Waals surface area contributed by atoms with Crippen LogP contribution in [0.3, 0.4) is 0 Å². The summed E-state index contributed by atoms with van der Waals surface area (Å²) in [6.07, 6.45) is 3.31. The first-order valence-electron chi connectivity index (χ1n) is 8.56. The molecule has 25 heavy (non-hydrogen) atoms. The van der Waals surface area contributed by atoms with Crippen molar-refractivity contribution < 1.29 is 14.3 Å². The second-order valence-corrected chi connectivity index (χ2v) is 8.85. The van der Waals surface area contributed by atoms with Gasteiger partial charge in [-0.25, -0.2) is 9.78 Å². The van der Waals surface area contributed by atoms with Gasteiger partial charge < -0.3 is 14.5 Å². The summed E-state index contributed by atoms with van der Waals surface area (Å²) in [6.45, 7) is 8.37. The zero-order valence-corrected chi connectivity index (χ0v) is 16.5. The molecule has 7 heteroatoms. The van der Waals surface area contributed by atoms with E-state index in [2.05, 4.69) is 20.9 Å². The maximum Gasteiger partial charge on any atom is 0.410 e. The summed E-state index contributed by atoms with van der Waals surface area (Å²) < 4.78 is 6.20. The van der Waals surface area contributed by atoms with Crippen LogP contribution in [0.15, 0.2) is 22.9 Å². The highest BCUT2D eigenvalue weighted by Gasteiger charge is 2.48. The Morgan fingerprint density at radius 2 is 1.88 bits per heavy atom. The van der Waals surface area contributed by atoms with Gasteiger partial charge in [0.15, 0.2) is 0 Å². The molecular weight excluding hydrogens is 386 g/mol. The third kappa shape index (κ3) is 4.14. The zero-order valence-electron chi connectivity index (χ0n) is 14.9. The Morgan fingerprint density at radius 1 is 1.20 bits per heavy atom. The van der Waals surface area contributed by atoms with E-state index in [9.17, 15) is 9.59 Å². The predicted octanol–water partition coefficient (Wildman–Crippen LogP) is 3.32. The van der Waals surface area contributed by atoms with Crippen LogP contribution in [0.25, 0.3) is 0 Å². The molecule has 0 aliphatic carbocycles. The normalized spacial score (nSPS) is 19.5. The fraction of sp³-hybridized carbons (Fsp3) is 0.611. The molecule has 0 unspecified atom stereocenters. The number of carbonyl (C=O) groups excluding carboxylic acids is 2. The van der Waals surface area contributed by atoms with Crippen molar-refractivity contribution in [3.05, 3.63) is 28.5 Å². The molecule has 0 radical (unpaired) electrons. The van der Waals surface area contributed by atoms with Crippen molar-refractivity contribution in [3.63, 3.8) is 0 Å². The van der Waals surface area contributed by atoms with Gasteiger partial charge in [0.25, 0.3) is 5.91 Å². The van der Waals surface area contributed by atoms with Crippen molar-refractivity contribution in [2.75, 3.05) is 26.2 Å². The van der Waals surface area contributed by atoms with E-state index >= 15 is 0 Å². The summed E-state index contributed by atoms with van der Waals surface area (Å²) >= 11 is 3.28. The van der Waals surface area contributed by atoms with Crippen molar-refractivity contribution in [1.82, 2.24) is 14.8 Å². The third-order valence-corrected chi connectivity index (χ3v) is 5.10. The summed E-state index contributed by atoms with van der Waals surface area (Å²) in [4.78, 5) is 32.6. The molecule has 2 aliphatic heterocycles. The highest BCUT2D eigenvalue weighted by atomic mass is 79.9. The molecule has 2 fully saturated rings. The molecule has 3 rings (SSSR count).